The van der Waals surface area contributed by atoms with E-state index in [0.717, 1.165) is 0 Å². The molecule has 0 aromatic carbocycles. The number of nitrogens with zero attached hydrogens (tertiary/aromatic N) is 1. The molecule has 0 fully saturated rings. The molecule has 1 aromatic heterocycles. The zero-order valence-corrected chi connectivity index (χ0v) is 11.4. The fraction of sp³-hybridized carbons (Fsp3) is 0.538. The van der Waals surface area contributed by atoms with Gasteiger partial charge in [-0.15, -0.1) is 0 Å². The molecule has 0 aliphatic rings. The van der Waals surface area contributed by atoms with Gasteiger partial charge in [0, 0.05) is 25.5 Å². The Bertz CT molecular complexity index is 401. The molecule has 19 heavy (non-hydrogen) atoms. The van der Waals surface area contributed by atoms with Gasteiger partial charge in [0.05, 0.1) is 12.6 Å². The first-order valence-electron chi connectivity index (χ1n) is 6.41. The molecule has 0 radical (unpaired) electrons. The molecule has 1 rings (SSSR count). The molecule has 1 heterocycles. The highest BCUT2D eigenvalue weighted by atomic mass is 16.2. The zero-order valence-electron chi connectivity index (χ0n) is 11.4. The smallest absolute Gasteiger partial charge is 0.239 e. The van der Waals surface area contributed by atoms with E-state index >= 15 is 0 Å². The second kappa shape index (κ2) is 7.58. The van der Waals surface area contributed by atoms with Crippen molar-refractivity contribution in [1.29, 1.82) is 0 Å². The summed E-state index contributed by atoms with van der Waals surface area (Å²) in [5, 5.41) is 5.25. The molecule has 1 aromatic rings. The van der Waals surface area contributed by atoms with Crippen molar-refractivity contribution < 1.29 is 9.59 Å². The first-order valence-corrected chi connectivity index (χ1v) is 6.41. The summed E-state index contributed by atoms with van der Waals surface area (Å²) in [7, 11) is 0. The Balaban J connectivity index is 2.16. The van der Waals surface area contributed by atoms with E-state index in [2.05, 4.69) is 10.6 Å². The maximum absolute atomic E-state index is 11.5. The molecule has 6 heteroatoms. The van der Waals surface area contributed by atoms with Crippen molar-refractivity contribution in [3.8, 4) is 0 Å². The van der Waals surface area contributed by atoms with Crippen LogP contribution >= 0.6 is 0 Å². The average Bonchev–Trinajstić information content (AvgIpc) is 2.88. The quantitative estimate of drug-likeness (QED) is 0.633. The molecule has 2 amide bonds. The molecule has 0 saturated heterocycles. The fourth-order valence-corrected chi connectivity index (χ4v) is 1.49. The van der Waals surface area contributed by atoms with Crippen LogP contribution in [0, 0.1) is 5.92 Å². The lowest BCUT2D eigenvalue weighted by molar-refractivity contribution is -0.127. The summed E-state index contributed by atoms with van der Waals surface area (Å²) in [5.41, 5.74) is 5.66. The van der Waals surface area contributed by atoms with Gasteiger partial charge in [-0.05, 0) is 18.1 Å². The number of rotatable bonds is 7. The highest BCUT2D eigenvalue weighted by molar-refractivity contribution is 5.87. The lowest BCUT2D eigenvalue weighted by Gasteiger charge is -2.15. The fourth-order valence-electron chi connectivity index (χ4n) is 1.49. The van der Waals surface area contributed by atoms with Crippen molar-refractivity contribution in [2.75, 3.05) is 13.1 Å². The standard InChI is InChI=1S/C13H22N4O2/c1-10(2)12(14)13(19)16-9-11(18)15-5-8-17-6-3-4-7-17/h3-4,6-7,10,12H,5,8-9,14H2,1-2H3,(H,15,18)(H,16,19)/t12-/m0/s1. The van der Waals surface area contributed by atoms with Gasteiger partial charge in [0.2, 0.25) is 11.8 Å². The van der Waals surface area contributed by atoms with Crippen LogP contribution in [-0.4, -0.2) is 35.5 Å². The maximum atomic E-state index is 11.5. The molecule has 1 atom stereocenters. The number of amides is 2. The number of carbonyl (C=O) groups is 2. The predicted octanol–water partition coefficient (Wildman–Crippen LogP) is -0.296. The van der Waals surface area contributed by atoms with Crippen molar-refractivity contribution >= 4 is 11.8 Å². The van der Waals surface area contributed by atoms with Gasteiger partial charge in [0.1, 0.15) is 0 Å². The normalized spacial score (nSPS) is 12.2. The van der Waals surface area contributed by atoms with Crippen molar-refractivity contribution in [1.82, 2.24) is 15.2 Å². The number of carbonyl (C=O) groups excluding carboxylic acids is 2. The van der Waals surface area contributed by atoms with E-state index < -0.39 is 6.04 Å². The topological polar surface area (TPSA) is 89.2 Å². The van der Waals surface area contributed by atoms with Gasteiger partial charge < -0.3 is 20.9 Å². The molecule has 0 bridgehead atoms. The molecule has 6 nitrogen and oxygen atoms in total. The van der Waals surface area contributed by atoms with Crippen LogP contribution < -0.4 is 16.4 Å². The summed E-state index contributed by atoms with van der Waals surface area (Å²) in [6.45, 7) is 4.92. The van der Waals surface area contributed by atoms with E-state index in [1.807, 2.05) is 42.9 Å². The predicted molar refractivity (Wildman–Crippen MR) is 73.3 cm³/mol. The van der Waals surface area contributed by atoms with E-state index in [1.54, 1.807) is 0 Å². The first kappa shape index (κ1) is 15.2. The lowest BCUT2D eigenvalue weighted by Crippen LogP contribution is -2.47. The average molecular weight is 266 g/mol. The largest absolute Gasteiger partial charge is 0.353 e. The van der Waals surface area contributed by atoms with E-state index in [1.165, 1.54) is 0 Å². The van der Waals surface area contributed by atoms with E-state index in [4.69, 9.17) is 5.73 Å². The zero-order chi connectivity index (χ0) is 14.3. The van der Waals surface area contributed by atoms with Crippen LogP contribution in [0.3, 0.4) is 0 Å². The van der Waals surface area contributed by atoms with Gasteiger partial charge in [-0.2, -0.15) is 0 Å². The van der Waals surface area contributed by atoms with Crippen LogP contribution in [0.4, 0.5) is 0 Å². The van der Waals surface area contributed by atoms with Crippen LogP contribution in [0.1, 0.15) is 13.8 Å². The molecular weight excluding hydrogens is 244 g/mol. The Morgan fingerprint density at radius 3 is 2.42 bits per heavy atom. The summed E-state index contributed by atoms with van der Waals surface area (Å²) in [6.07, 6.45) is 3.85. The molecule has 106 valence electrons. The highest BCUT2D eigenvalue weighted by Gasteiger charge is 2.17. The van der Waals surface area contributed by atoms with Gasteiger partial charge in [-0.25, -0.2) is 0 Å². The molecule has 0 spiro atoms. The summed E-state index contributed by atoms with van der Waals surface area (Å²) in [6, 6.07) is 3.28. The Morgan fingerprint density at radius 1 is 1.21 bits per heavy atom. The Kier molecular flexibility index (Phi) is 6.08. The molecule has 0 unspecified atom stereocenters. The first-order chi connectivity index (χ1) is 9.00. The summed E-state index contributed by atoms with van der Waals surface area (Å²) in [4.78, 5) is 23.0. The molecule has 0 aliphatic heterocycles. The molecular formula is C13H22N4O2. The minimum absolute atomic E-state index is 0.0368. The van der Waals surface area contributed by atoms with Crippen molar-refractivity contribution in [3.63, 3.8) is 0 Å². The van der Waals surface area contributed by atoms with Gasteiger partial charge in [0.15, 0.2) is 0 Å². The maximum Gasteiger partial charge on any atom is 0.239 e. The molecule has 0 aliphatic carbocycles. The van der Waals surface area contributed by atoms with Gasteiger partial charge in [-0.1, -0.05) is 13.8 Å². The Hall–Kier alpha value is -1.82. The van der Waals surface area contributed by atoms with Gasteiger partial charge in [0.25, 0.3) is 0 Å². The third kappa shape index (κ3) is 5.56. The summed E-state index contributed by atoms with van der Waals surface area (Å²) >= 11 is 0. The Morgan fingerprint density at radius 2 is 1.84 bits per heavy atom. The number of hydrogen-bond donors (Lipinski definition) is 3. The second-order valence-corrected chi connectivity index (χ2v) is 4.76. The summed E-state index contributed by atoms with van der Waals surface area (Å²) < 4.78 is 1.97. The van der Waals surface area contributed by atoms with Crippen molar-refractivity contribution in [2.45, 2.75) is 26.4 Å². The van der Waals surface area contributed by atoms with Crippen LogP contribution in [0.5, 0.6) is 0 Å². The molecule has 4 N–H and O–H groups in total. The van der Waals surface area contributed by atoms with Gasteiger partial charge >= 0.3 is 0 Å². The van der Waals surface area contributed by atoms with E-state index in [-0.39, 0.29) is 24.3 Å². The summed E-state index contributed by atoms with van der Waals surface area (Å²) in [5.74, 6) is -0.455. The van der Waals surface area contributed by atoms with Crippen LogP contribution in [0.25, 0.3) is 0 Å². The second-order valence-electron chi connectivity index (χ2n) is 4.76. The third-order valence-corrected chi connectivity index (χ3v) is 2.80. The Labute approximate surface area is 113 Å². The minimum Gasteiger partial charge on any atom is -0.353 e. The third-order valence-electron chi connectivity index (χ3n) is 2.80. The minimum atomic E-state index is -0.576. The van der Waals surface area contributed by atoms with Crippen LogP contribution in [0.2, 0.25) is 0 Å². The highest BCUT2D eigenvalue weighted by Crippen LogP contribution is 1.97. The number of aromatic nitrogens is 1. The molecule has 0 saturated carbocycles. The number of hydrogen-bond acceptors (Lipinski definition) is 3. The van der Waals surface area contributed by atoms with Crippen molar-refractivity contribution in [2.24, 2.45) is 11.7 Å². The van der Waals surface area contributed by atoms with E-state index in [9.17, 15) is 9.59 Å². The van der Waals surface area contributed by atoms with E-state index in [0.29, 0.717) is 13.1 Å². The van der Waals surface area contributed by atoms with Crippen LogP contribution in [0.15, 0.2) is 24.5 Å². The lowest BCUT2D eigenvalue weighted by atomic mass is 10.1. The van der Waals surface area contributed by atoms with Crippen molar-refractivity contribution in [3.05, 3.63) is 24.5 Å². The van der Waals surface area contributed by atoms with Crippen LogP contribution in [-0.2, 0) is 16.1 Å². The number of nitrogens with one attached hydrogen (secondary N) is 2. The monoisotopic (exact) mass is 266 g/mol. The number of nitrogens with two attached hydrogens (primary N) is 1. The van der Waals surface area contributed by atoms with Gasteiger partial charge in [-0.3, -0.25) is 9.59 Å². The SMILES string of the molecule is CC(C)[C@H](N)C(=O)NCC(=O)NCCn1cccc1.